The summed E-state index contributed by atoms with van der Waals surface area (Å²) in [6.07, 6.45) is 1.91. The van der Waals surface area contributed by atoms with Crippen LogP contribution < -0.4 is 11.1 Å². The van der Waals surface area contributed by atoms with Gasteiger partial charge >= 0.3 is 5.97 Å². The lowest BCUT2D eigenvalue weighted by Gasteiger charge is -2.34. The maximum Gasteiger partial charge on any atom is 0.329 e. The normalized spacial score (nSPS) is 20.6. The van der Waals surface area contributed by atoms with Crippen LogP contribution in [0, 0.1) is 0 Å². The summed E-state index contributed by atoms with van der Waals surface area (Å²) in [7, 11) is 0. The molecule has 1 amide bonds. The predicted molar refractivity (Wildman–Crippen MR) is 61.4 cm³/mol. The molecule has 0 spiro atoms. The highest BCUT2D eigenvalue weighted by Gasteiger charge is 2.42. The van der Waals surface area contributed by atoms with Crippen molar-refractivity contribution in [1.82, 2.24) is 5.32 Å². The Bertz CT molecular complexity index is 287. The first-order valence-electron chi connectivity index (χ1n) is 5.90. The fourth-order valence-electron chi connectivity index (χ4n) is 1.88. The molecule has 0 aromatic rings. The minimum atomic E-state index is -1.21. The zero-order valence-corrected chi connectivity index (χ0v) is 10.1. The molecule has 17 heavy (non-hydrogen) atoms. The van der Waals surface area contributed by atoms with Gasteiger partial charge in [-0.3, -0.25) is 4.79 Å². The molecule has 0 aromatic heterocycles. The van der Waals surface area contributed by atoms with E-state index in [1.807, 2.05) is 6.92 Å². The van der Waals surface area contributed by atoms with Crippen LogP contribution >= 0.6 is 0 Å². The van der Waals surface area contributed by atoms with Gasteiger partial charge in [-0.25, -0.2) is 4.79 Å². The molecule has 1 fully saturated rings. The highest BCUT2D eigenvalue weighted by atomic mass is 16.5. The van der Waals surface area contributed by atoms with Gasteiger partial charge in [0.25, 0.3) is 0 Å². The van der Waals surface area contributed by atoms with Crippen molar-refractivity contribution < 1.29 is 19.4 Å². The number of ether oxygens (including phenoxy) is 1. The first-order chi connectivity index (χ1) is 8.02. The van der Waals surface area contributed by atoms with E-state index in [1.54, 1.807) is 0 Å². The monoisotopic (exact) mass is 244 g/mol. The fraction of sp³-hybridized carbons (Fsp3) is 0.818. The quantitative estimate of drug-likeness (QED) is 0.625. The number of rotatable bonds is 5. The van der Waals surface area contributed by atoms with Crippen LogP contribution in [0.5, 0.6) is 0 Å². The van der Waals surface area contributed by atoms with Gasteiger partial charge in [0.2, 0.25) is 5.91 Å². The van der Waals surface area contributed by atoms with Crippen molar-refractivity contribution in [3.05, 3.63) is 0 Å². The standard InChI is InChI=1S/C11H20N2O4/c1-2-3-8(12)9(14)13-11(10(15)16)4-6-17-7-5-11/h8H,2-7,12H2,1H3,(H,13,14)(H,15,16). The molecule has 0 bridgehead atoms. The van der Waals surface area contributed by atoms with Crippen molar-refractivity contribution in [3.63, 3.8) is 0 Å². The van der Waals surface area contributed by atoms with E-state index in [2.05, 4.69) is 5.32 Å². The SMILES string of the molecule is CCCC(N)C(=O)NC1(C(=O)O)CCOCC1. The number of nitrogens with two attached hydrogens (primary N) is 1. The van der Waals surface area contributed by atoms with Crippen LogP contribution in [0.2, 0.25) is 0 Å². The molecule has 0 aromatic carbocycles. The Hall–Kier alpha value is -1.14. The van der Waals surface area contributed by atoms with Crippen LogP contribution in [0.25, 0.3) is 0 Å². The summed E-state index contributed by atoms with van der Waals surface area (Å²) in [5, 5.41) is 11.8. The minimum absolute atomic E-state index is 0.285. The van der Waals surface area contributed by atoms with Crippen LogP contribution in [-0.2, 0) is 14.3 Å². The third-order valence-corrected chi connectivity index (χ3v) is 3.05. The van der Waals surface area contributed by atoms with Crippen molar-refractivity contribution in [1.29, 1.82) is 0 Å². The number of carboxylic acids is 1. The van der Waals surface area contributed by atoms with Gasteiger partial charge in [-0.05, 0) is 6.42 Å². The summed E-state index contributed by atoms with van der Waals surface area (Å²) in [6, 6.07) is -0.640. The van der Waals surface area contributed by atoms with Gasteiger partial charge in [0, 0.05) is 26.1 Å². The molecule has 1 saturated heterocycles. The van der Waals surface area contributed by atoms with Gasteiger partial charge < -0.3 is 20.9 Å². The van der Waals surface area contributed by atoms with Crippen LogP contribution in [0.1, 0.15) is 32.6 Å². The summed E-state index contributed by atoms with van der Waals surface area (Å²) in [5.74, 6) is -1.41. The molecular weight excluding hydrogens is 224 g/mol. The minimum Gasteiger partial charge on any atom is -0.480 e. The molecule has 4 N–H and O–H groups in total. The molecule has 0 aliphatic carbocycles. The number of hydrogen-bond donors (Lipinski definition) is 3. The average molecular weight is 244 g/mol. The van der Waals surface area contributed by atoms with E-state index in [9.17, 15) is 14.7 Å². The first kappa shape index (κ1) is 13.9. The Morgan fingerprint density at radius 2 is 2.06 bits per heavy atom. The molecule has 6 nitrogen and oxygen atoms in total. The molecule has 98 valence electrons. The smallest absolute Gasteiger partial charge is 0.329 e. The van der Waals surface area contributed by atoms with Crippen molar-refractivity contribution in [2.45, 2.75) is 44.2 Å². The summed E-state index contributed by atoms with van der Waals surface area (Å²) >= 11 is 0. The Labute approximate surface area is 101 Å². The second-order valence-corrected chi connectivity index (χ2v) is 4.38. The number of carbonyl (C=O) groups is 2. The maximum absolute atomic E-state index is 11.8. The molecule has 1 aliphatic heterocycles. The van der Waals surface area contributed by atoms with Gasteiger partial charge in [-0.2, -0.15) is 0 Å². The predicted octanol–water partition coefficient (Wildman–Crippen LogP) is -0.136. The van der Waals surface area contributed by atoms with Crippen molar-refractivity contribution in [2.24, 2.45) is 5.73 Å². The van der Waals surface area contributed by atoms with Crippen LogP contribution in [-0.4, -0.2) is 41.8 Å². The number of amides is 1. The van der Waals surface area contributed by atoms with E-state index in [4.69, 9.17) is 10.5 Å². The van der Waals surface area contributed by atoms with E-state index >= 15 is 0 Å². The molecule has 6 heteroatoms. The third-order valence-electron chi connectivity index (χ3n) is 3.05. The van der Waals surface area contributed by atoms with Crippen LogP contribution in [0.15, 0.2) is 0 Å². The Balaban J connectivity index is 2.66. The largest absolute Gasteiger partial charge is 0.480 e. The Morgan fingerprint density at radius 3 is 2.53 bits per heavy atom. The molecular formula is C11H20N2O4. The second kappa shape index (κ2) is 5.97. The van der Waals surface area contributed by atoms with Gasteiger partial charge in [0.05, 0.1) is 6.04 Å². The Kier molecular flexibility index (Phi) is 4.89. The second-order valence-electron chi connectivity index (χ2n) is 4.38. The maximum atomic E-state index is 11.8. The number of hydrogen-bond acceptors (Lipinski definition) is 4. The van der Waals surface area contributed by atoms with E-state index in [-0.39, 0.29) is 12.8 Å². The van der Waals surface area contributed by atoms with Gasteiger partial charge in [-0.15, -0.1) is 0 Å². The molecule has 1 aliphatic rings. The summed E-state index contributed by atoms with van der Waals surface area (Å²) in [6.45, 7) is 2.61. The number of carboxylic acid groups (broad SMARTS) is 1. The van der Waals surface area contributed by atoms with Crippen molar-refractivity contribution in [3.8, 4) is 0 Å². The highest BCUT2D eigenvalue weighted by molar-refractivity contribution is 5.89. The Morgan fingerprint density at radius 1 is 1.47 bits per heavy atom. The van der Waals surface area contributed by atoms with Crippen molar-refractivity contribution >= 4 is 11.9 Å². The summed E-state index contributed by atoms with van der Waals surface area (Å²) < 4.78 is 5.12. The zero-order chi connectivity index (χ0) is 12.9. The molecule has 0 saturated carbocycles. The van der Waals surface area contributed by atoms with Gasteiger partial charge in [-0.1, -0.05) is 13.3 Å². The molecule has 0 radical (unpaired) electrons. The summed E-state index contributed by atoms with van der Waals surface area (Å²) in [5.41, 5.74) is 4.46. The van der Waals surface area contributed by atoms with E-state index in [1.165, 1.54) is 0 Å². The van der Waals surface area contributed by atoms with Crippen molar-refractivity contribution in [2.75, 3.05) is 13.2 Å². The average Bonchev–Trinajstić information content (AvgIpc) is 2.30. The van der Waals surface area contributed by atoms with E-state index < -0.39 is 23.5 Å². The number of carbonyl (C=O) groups excluding carboxylic acids is 1. The fourth-order valence-corrected chi connectivity index (χ4v) is 1.88. The van der Waals surface area contributed by atoms with Crippen LogP contribution in [0.4, 0.5) is 0 Å². The first-order valence-corrected chi connectivity index (χ1v) is 5.90. The van der Waals surface area contributed by atoms with Gasteiger partial charge in [0.1, 0.15) is 5.54 Å². The summed E-state index contributed by atoms with van der Waals surface area (Å²) in [4.78, 5) is 23.1. The van der Waals surface area contributed by atoms with Gasteiger partial charge in [0.15, 0.2) is 0 Å². The van der Waals surface area contributed by atoms with E-state index in [0.717, 1.165) is 6.42 Å². The van der Waals surface area contributed by atoms with Crippen LogP contribution in [0.3, 0.4) is 0 Å². The molecule has 1 rings (SSSR count). The molecule has 1 atom stereocenters. The topological polar surface area (TPSA) is 102 Å². The molecule has 1 heterocycles. The lowest BCUT2D eigenvalue weighted by atomic mass is 9.89. The van der Waals surface area contributed by atoms with E-state index in [0.29, 0.717) is 19.6 Å². The lowest BCUT2D eigenvalue weighted by Crippen LogP contribution is -2.60. The highest BCUT2D eigenvalue weighted by Crippen LogP contribution is 2.21. The number of aliphatic carboxylic acids is 1. The third kappa shape index (κ3) is 3.41. The lowest BCUT2D eigenvalue weighted by molar-refractivity contribution is -0.152. The zero-order valence-electron chi connectivity index (χ0n) is 10.1. The number of nitrogens with one attached hydrogen (secondary N) is 1. The molecule has 1 unspecified atom stereocenters.